The number of hydrogen-bond acceptors (Lipinski definition) is 2. The Morgan fingerprint density at radius 1 is 1.05 bits per heavy atom. The van der Waals surface area contributed by atoms with Crippen LogP contribution in [0.25, 0.3) is 0 Å². The summed E-state index contributed by atoms with van der Waals surface area (Å²) in [5, 5.41) is 3.45. The van der Waals surface area contributed by atoms with Crippen molar-refractivity contribution in [1.29, 1.82) is 0 Å². The van der Waals surface area contributed by atoms with Crippen molar-refractivity contribution >= 4 is 5.69 Å². The average molecular weight is 252 g/mol. The summed E-state index contributed by atoms with van der Waals surface area (Å²) in [6.45, 7) is 2.97. The van der Waals surface area contributed by atoms with Gasteiger partial charge in [0.2, 0.25) is 0 Å². The number of rotatable bonds is 4. The lowest BCUT2D eigenvalue weighted by Gasteiger charge is -2.08. The van der Waals surface area contributed by atoms with E-state index in [1.165, 1.54) is 22.4 Å². The van der Waals surface area contributed by atoms with E-state index in [-0.39, 0.29) is 0 Å². The Bertz CT molecular complexity index is 542. The second-order valence-electron chi connectivity index (χ2n) is 5.47. The minimum Gasteiger partial charge on any atom is -0.381 e. The van der Waals surface area contributed by atoms with Crippen molar-refractivity contribution in [2.75, 3.05) is 5.32 Å². The molecule has 2 aromatic rings. The summed E-state index contributed by atoms with van der Waals surface area (Å²) in [5.74, 6) is 0.589. The van der Waals surface area contributed by atoms with Crippen LogP contribution in [-0.4, -0.2) is 6.04 Å². The molecule has 3 N–H and O–H groups in total. The average Bonchev–Trinajstić information content (AvgIpc) is 3.16. The molecule has 3 rings (SSSR count). The van der Waals surface area contributed by atoms with Gasteiger partial charge >= 0.3 is 0 Å². The Kier molecular flexibility index (Phi) is 3.26. The van der Waals surface area contributed by atoms with Gasteiger partial charge < -0.3 is 11.1 Å². The van der Waals surface area contributed by atoms with Crippen molar-refractivity contribution in [2.24, 2.45) is 5.73 Å². The Balaban J connectivity index is 1.59. The summed E-state index contributed by atoms with van der Waals surface area (Å²) in [7, 11) is 0. The van der Waals surface area contributed by atoms with Crippen LogP contribution >= 0.6 is 0 Å². The lowest BCUT2D eigenvalue weighted by atomic mass is 10.1. The summed E-state index contributed by atoms with van der Waals surface area (Å²) < 4.78 is 0. The van der Waals surface area contributed by atoms with Crippen LogP contribution in [-0.2, 0) is 6.54 Å². The minimum absolute atomic E-state index is 0.381. The van der Waals surface area contributed by atoms with Crippen LogP contribution < -0.4 is 11.1 Å². The van der Waals surface area contributed by atoms with Crippen molar-refractivity contribution in [3.05, 3.63) is 65.2 Å². The number of nitrogens with two attached hydrogens (primary N) is 1. The number of aryl methyl sites for hydroxylation is 1. The predicted molar refractivity (Wildman–Crippen MR) is 80.3 cm³/mol. The van der Waals surface area contributed by atoms with Gasteiger partial charge in [-0.15, -0.1) is 0 Å². The second kappa shape index (κ2) is 5.06. The first-order valence-corrected chi connectivity index (χ1v) is 6.87. The highest BCUT2D eigenvalue weighted by Gasteiger charge is 2.34. The summed E-state index contributed by atoms with van der Waals surface area (Å²) >= 11 is 0. The zero-order chi connectivity index (χ0) is 13.2. The third kappa shape index (κ3) is 2.96. The molecule has 1 saturated carbocycles. The van der Waals surface area contributed by atoms with Crippen LogP contribution in [0.2, 0.25) is 0 Å². The van der Waals surface area contributed by atoms with Crippen LogP contribution in [0.5, 0.6) is 0 Å². The maximum atomic E-state index is 5.87. The zero-order valence-electron chi connectivity index (χ0n) is 11.3. The van der Waals surface area contributed by atoms with E-state index in [2.05, 4.69) is 60.8 Å². The highest BCUT2D eigenvalue weighted by molar-refractivity contribution is 5.46. The molecule has 0 aromatic heterocycles. The van der Waals surface area contributed by atoms with E-state index in [0.29, 0.717) is 12.0 Å². The first kappa shape index (κ1) is 12.2. The maximum Gasteiger partial charge on any atom is 0.0400 e. The quantitative estimate of drug-likeness (QED) is 0.875. The molecule has 0 spiro atoms. The molecule has 1 fully saturated rings. The molecule has 2 nitrogen and oxygen atoms in total. The van der Waals surface area contributed by atoms with E-state index in [4.69, 9.17) is 5.73 Å². The van der Waals surface area contributed by atoms with Crippen molar-refractivity contribution in [3.63, 3.8) is 0 Å². The molecule has 2 heteroatoms. The van der Waals surface area contributed by atoms with Crippen LogP contribution in [0.15, 0.2) is 48.5 Å². The molecule has 2 atom stereocenters. The largest absolute Gasteiger partial charge is 0.381 e. The third-order valence-electron chi connectivity index (χ3n) is 3.80. The Morgan fingerprint density at radius 3 is 2.26 bits per heavy atom. The highest BCUT2D eigenvalue weighted by Crippen LogP contribution is 2.39. The summed E-state index contributed by atoms with van der Waals surface area (Å²) in [5.41, 5.74) is 11.0. The first-order chi connectivity index (χ1) is 9.22. The third-order valence-corrected chi connectivity index (χ3v) is 3.80. The topological polar surface area (TPSA) is 38.0 Å². The van der Waals surface area contributed by atoms with E-state index >= 15 is 0 Å². The van der Waals surface area contributed by atoms with Gasteiger partial charge in [0.05, 0.1) is 0 Å². The molecular weight excluding hydrogens is 232 g/mol. The summed E-state index contributed by atoms with van der Waals surface area (Å²) in [4.78, 5) is 0. The van der Waals surface area contributed by atoms with E-state index in [0.717, 1.165) is 13.0 Å². The van der Waals surface area contributed by atoms with Gasteiger partial charge in [0.1, 0.15) is 0 Å². The van der Waals surface area contributed by atoms with E-state index in [1.807, 2.05) is 0 Å². The first-order valence-electron chi connectivity index (χ1n) is 6.87. The van der Waals surface area contributed by atoms with E-state index in [9.17, 15) is 0 Å². The van der Waals surface area contributed by atoms with Crippen molar-refractivity contribution in [1.82, 2.24) is 0 Å². The van der Waals surface area contributed by atoms with Crippen LogP contribution in [0, 0.1) is 6.92 Å². The molecule has 0 heterocycles. The van der Waals surface area contributed by atoms with Gasteiger partial charge in [-0.3, -0.25) is 0 Å². The molecule has 0 unspecified atom stereocenters. The normalized spacial score (nSPS) is 21.2. The number of benzene rings is 2. The SMILES string of the molecule is Cc1ccc(CNc2ccc([C@@H]3C[C@H]3N)cc2)cc1. The molecule has 0 saturated heterocycles. The van der Waals surface area contributed by atoms with Crippen molar-refractivity contribution in [2.45, 2.75) is 31.8 Å². The smallest absolute Gasteiger partial charge is 0.0400 e. The van der Waals surface area contributed by atoms with Crippen LogP contribution in [0.4, 0.5) is 5.69 Å². The predicted octanol–water partition coefficient (Wildman–Crippen LogP) is 3.42. The molecule has 1 aliphatic carbocycles. The standard InChI is InChI=1S/C17H20N2/c1-12-2-4-13(5-3-12)11-19-15-8-6-14(7-9-15)16-10-17(16)18/h2-9,16-17,19H,10-11,18H2,1H3/t16-,17+/m0/s1. The van der Waals surface area contributed by atoms with Crippen molar-refractivity contribution in [3.8, 4) is 0 Å². The minimum atomic E-state index is 0.381. The molecule has 2 aromatic carbocycles. The molecule has 0 aliphatic heterocycles. The van der Waals surface area contributed by atoms with Gasteiger partial charge in [0, 0.05) is 24.2 Å². The Labute approximate surface area is 114 Å². The monoisotopic (exact) mass is 252 g/mol. The lowest BCUT2D eigenvalue weighted by Crippen LogP contribution is -2.01. The second-order valence-corrected chi connectivity index (χ2v) is 5.47. The number of anilines is 1. The fourth-order valence-corrected chi connectivity index (χ4v) is 2.36. The summed E-state index contributed by atoms with van der Waals surface area (Å²) in [6, 6.07) is 17.7. The van der Waals surface area contributed by atoms with Crippen LogP contribution in [0.1, 0.15) is 29.0 Å². The van der Waals surface area contributed by atoms with Gasteiger partial charge in [-0.05, 0) is 36.6 Å². The highest BCUT2D eigenvalue weighted by atomic mass is 14.9. The fourth-order valence-electron chi connectivity index (χ4n) is 2.36. The van der Waals surface area contributed by atoms with Gasteiger partial charge in [-0.1, -0.05) is 42.0 Å². The lowest BCUT2D eigenvalue weighted by molar-refractivity contribution is 0.990. The number of hydrogen-bond donors (Lipinski definition) is 2. The molecule has 0 amide bonds. The van der Waals surface area contributed by atoms with E-state index in [1.54, 1.807) is 0 Å². The Hall–Kier alpha value is -1.80. The number of nitrogens with one attached hydrogen (secondary N) is 1. The summed E-state index contributed by atoms with van der Waals surface area (Å²) in [6.07, 6.45) is 1.14. The maximum absolute atomic E-state index is 5.87. The molecule has 19 heavy (non-hydrogen) atoms. The molecule has 1 aliphatic rings. The molecule has 0 radical (unpaired) electrons. The molecular formula is C17H20N2. The van der Waals surface area contributed by atoms with Crippen molar-refractivity contribution < 1.29 is 0 Å². The molecule has 0 bridgehead atoms. The molecule has 98 valence electrons. The fraction of sp³-hybridized carbons (Fsp3) is 0.294. The van der Waals surface area contributed by atoms with Gasteiger partial charge in [-0.2, -0.15) is 0 Å². The van der Waals surface area contributed by atoms with Crippen LogP contribution in [0.3, 0.4) is 0 Å². The van der Waals surface area contributed by atoms with Gasteiger partial charge in [0.15, 0.2) is 0 Å². The van der Waals surface area contributed by atoms with Gasteiger partial charge in [0.25, 0.3) is 0 Å². The Morgan fingerprint density at radius 2 is 1.68 bits per heavy atom. The zero-order valence-corrected chi connectivity index (χ0v) is 11.3. The van der Waals surface area contributed by atoms with E-state index < -0.39 is 0 Å². The van der Waals surface area contributed by atoms with Gasteiger partial charge in [-0.25, -0.2) is 0 Å².